The Labute approximate surface area is 120 Å². The van der Waals surface area contributed by atoms with Gasteiger partial charge in [0.05, 0.1) is 5.69 Å². The van der Waals surface area contributed by atoms with Crippen LogP contribution in [0.4, 0.5) is 10.1 Å². The number of amides is 1. The van der Waals surface area contributed by atoms with Gasteiger partial charge in [-0.1, -0.05) is 6.92 Å². The van der Waals surface area contributed by atoms with Crippen molar-refractivity contribution in [1.82, 2.24) is 0 Å². The average molecular weight is 364 g/mol. The van der Waals surface area contributed by atoms with Gasteiger partial charge in [0.1, 0.15) is 5.82 Å². The Kier molecular flexibility index (Phi) is 6.56. The number of rotatable bonds is 6. The number of nitrogens with two attached hydrogens (primary N) is 1. The number of nitrogens with one attached hydrogen (secondary N) is 1. The first-order valence-electron chi connectivity index (χ1n) is 5.98. The fourth-order valence-electron chi connectivity index (χ4n) is 1.61. The maximum absolute atomic E-state index is 12.9. The van der Waals surface area contributed by atoms with Crippen molar-refractivity contribution < 1.29 is 9.18 Å². The van der Waals surface area contributed by atoms with Crippen molar-refractivity contribution in [1.29, 1.82) is 0 Å². The number of benzene rings is 1. The number of hydrogen-bond donors (Lipinski definition) is 2. The second-order valence-corrected chi connectivity index (χ2v) is 5.56. The van der Waals surface area contributed by atoms with Crippen LogP contribution in [-0.4, -0.2) is 12.5 Å². The van der Waals surface area contributed by atoms with Crippen LogP contribution in [-0.2, 0) is 4.79 Å². The zero-order chi connectivity index (χ0) is 13.5. The fraction of sp³-hybridized carbons (Fsp3) is 0.462. The van der Waals surface area contributed by atoms with Gasteiger partial charge in [0.15, 0.2) is 0 Å². The molecule has 0 fully saturated rings. The van der Waals surface area contributed by atoms with Gasteiger partial charge in [-0.05, 0) is 66.1 Å². The average Bonchev–Trinajstić information content (AvgIpc) is 2.31. The Morgan fingerprint density at radius 2 is 2.22 bits per heavy atom. The fourth-order valence-corrected chi connectivity index (χ4v) is 2.22. The molecule has 0 aliphatic carbocycles. The predicted molar refractivity (Wildman–Crippen MR) is 79.8 cm³/mol. The second kappa shape index (κ2) is 7.68. The highest BCUT2D eigenvalue weighted by molar-refractivity contribution is 14.1. The molecule has 0 radical (unpaired) electrons. The highest BCUT2D eigenvalue weighted by Gasteiger charge is 2.08. The number of carbonyl (C=O) groups is 1. The maximum atomic E-state index is 12.9. The molecule has 3 nitrogen and oxygen atoms in total. The molecule has 0 bridgehead atoms. The van der Waals surface area contributed by atoms with Crippen molar-refractivity contribution in [3.05, 3.63) is 27.6 Å². The van der Waals surface area contributed by atoms with Gasteiger partial charge < -0.3 is 11.1 Å². The molecule has 0 heterocycles. The monoisotopic (exact) mass is 364 g/mol. The summed E-state index contributed by atoms with van der Waals surface area (Å²) in [5.74, 6) is 0.116. The lowest BCUT2D eigenvalue weighted by molar-refractivity contribution is -0.116. The summed E-state index contributed by atoms with van der Waals surface area (Å²) >= 11 is 2.00. The largest absolute Gasteiger partial charge is 0.330 e. The predicted octanol–water partition coefficient (Wildman–Crippen LogP) is 3.13. The quantitative estimate of drug-likeness (QED) is 0.762. The molecule has 1 atom stereocenters. The third kappa shape index (κ3) is 5.30. The SMILES string of the molecule is CC(CCN)CCC(=O)Nc1ccc(F)cc1I. The van der Waals surface area contributed by atoms with Gasteiger partial charge in [0.25, 0.3) is 0 Å². The lowest BCUT2D eigenvalue weighted by Crippen LogP contribution is -2.14. The zero-order valence-corrected chi connectivity index (χ0v) is 12.5. The molecule has 1 rings (SSSR count). The van der Waals surface area contributed by atoms with Gasteiger partial charge in [-0.3, -0.25) is 4.79 Å². The Balaban J connectivity index is 2.44. The summed E-state index contributed by atoms with van der Waals surface area (Å²) in [4.78, 5) is 11.7. The first-order chi connectivity index (χ1) is 8.52. The van der Waals surface area contributed by atoms with Crippen LogP contribution >= 0.6 is 22.6 Å². The van der Waals surface area contributed by atoms with E-state index in [-0.39, 0.29) is 11.7 Å². The summed E-state index contributed by atoms with van der Waals surface area (Å²) in [7, 11) is 0. The molecule has 18 heavy (non-hydrogen) atoms. The summed E-state index contributed by atoms with van der Waals surface area (Å²) in [6.45, 7) is 2.74. The second-order valence-electron chi connectivity index (χ2n) is 4.39. The topological polar surface area (TPSA) is 55.1 Å². The Hall–Kier alpha value is -0.690. The Morgan fingerprint density at radius 1 is 1.50 bits per heavy atom. The van der Waals surface area contributed by atoms with Crippen LogP contribution < -0.4 is 11.1 Å². The molecular weight excluding hydrogens is 346 g/mol. The molecule has 0 saturated carbocycles. The van der Waals surface area contributed by atoms with E-state index in [0.29, 0.717) is 28.1 Å². The van der Waals surface area contributed by atoms with Gasteiger partial charge in [-0.2, -0.15) is 0 Å². The third-order valence-electron chi connectivity index (χ3n) is 2.73. The van der Waals surface area contributed by atoms with Crippen molar-refractivity contribution in [2.75, 3.05) is 11.9 Å². The first kappa shape index (κ1) is 15.4. The van der Waals surface area contributed by atoms with Gasteiger partial charge in [-0.15, -0.1) is 0 Å². The maximum Gasteiger partial charge on any atom is 0.224 e. The summed E-state index contributed by atoms with van der Waals surface area (Å²) in [5, 5.41) is 2.79. The van der Waals surface area contributed by atoms with Gasteiger partial charge in [0.2, 0.25) is 5.91 Å². The normalized spacial score (nSPS) is 12.2. The van der Waals surface area contributed by atoms with Crippen molar-refractivity contribution in [3.8, 4) is 0 Å². The Morgan fingerprint density at radius 3 is 2.83 bits per heavy atom. The zero-order valence-electron chi connectivity index (χ0n) is 10.4. The van der Waals surface area contributed by atoms with E-state index in [1.807, 2.05) is 22.6 Å². The molecule has 0 aliphatic heterocycles. The minimum atomic E-state index is -0.297. The van der Waals surface area contributed by atoms with E-state index in [0.717, 1.165) is 12.8 Å². The van der Waals surface area contributed by atoms with E-state index in [2.05, 4.69) is 12.2 Å². The summed E-state index contributed by atoms with van der Waals surface area (Å²) in [6.07, 6.45) is 2.22. The molecule has 1 aromatic rings. The van der Waals surface area contributed by atoms with Crippen molar-refractivity contribution in [2.45, 2.75) is 26.2 Å². The number of anilines is 1. The summed E-state index contributed by atoms with van der Waals surface area (Å²) in [6, 6.07) is 4.32. The molecular formula is C13H18FIN2O. The van der Waals surface area contributed by atoms with Crippen LogP contribution in [0.2, 0.25) is 0 Å². The van der Waals surface area contributed by atoms with Crippen LogP contribution in [0.5, 0.6) is 0 Å². The number of hydrogen-bond acceptors (Lipinski definition) is 2. The first-order valence-corrected chi connectivity index (χ1v) is 7.05. The Bertz CT molecular complexity index is 412. The van der Waals surface area contributed by atoms with Crippen LogP contribution in [0.15, 0.2) is 18.2 Å². The van der Waals surface area contributed by atoms with E-state index in [4.69, 9.17) is 5.73 Å². The minimum absolute atomic E-state index is 0.0385. The minimum Gasteiger partial charge on any atom is -0.330 e. The summed E-state index contributed by atoms with van der Waals surface area (Å²) < 4.78 is 13.6. The smallest absolute Gasteiger partial charge is 0.224 e. The molecule has 0 aliphatic rings. The van der Waals surface area contributed by atoms with Gasteiger partial charge >= 0.3 is 0 Å². The highest BCUT2D eigenvalue weighted by atomic mass is 127. The van der Waals surface area contributed by atoms with Gasteiger partial charge in [-0.25, -0.2) is 4.39 Å². The van der Waals surface area contributed by atoms with E-state index >= 15 is 0 Å². The number of carbonyl (C=O) groups excluding carboxylic acids is 1. The van der Waals surface area contributed by atoms with E-state index in [9.17, 15) is 9.18 Å². The molecule has 1 amide bonds. The van der Waals surface area contributed by atoms with Crippen LogP contribution in [0, 0.1) is 15.3 Å². The van der Waals surface area contributed by atoms with Crippen LogP contribution in [0.25, 0.3) is 0 Å². The lowest BCUT2D eigenvalue weighted by Gasteiger charge is -2.10. The molecule has 0 saturated heterocycles. The molecule has 100 valence electrons. The lowest BCUT2D eigenvalue weighted by atomic mass is 10.0. The van der Waals surface area contributed by atoms with Crippen molar-refractivity contribution >= 4 is 34.2 Å². The molecule has 0 spiro atoms. The number of halogens is 2. The van der Waals surface area contributed by atoms with Crippen molar-refractivity contribution in [2.24, 2.45) is 11.7 Å². The van der Waals surface area contributed by atoms with Gasteiger partial charge in [0, 0.05) is 9.99 Å². The third-order valence-corrected chi connectivity index (χ3v) is 3.62. The molecule has 3 N–H and O–H groups in total. The molecule has 5 heteroatoms. The molecule has 0 aromatic heterocycles. The van der Waals surface area contributed by atoms with Crippen LogP contribution in [0.1, 0.15) is 26.2 Å². The summed E-state index contributed by atoms with van der Waals surface area (Å²) in [5.41, 5.74) is 6.12. The van der Waals surface area contributed by atoms with Crippen molar-refractivity contribution in [3.63, 3.8) is 0 Å². The van der Waals surface area contributed by atoms with E-state index < -0.39 is 0 Å². The van der Waals surface area contributed by atoms with E-state index in [1.54, 1.807) is 6.07 Å². The highest BCUT2D eigenvalue weighted by Crippen LogP contribution is 2.19. The molecule has 1 unspecified atom stereocenters. The molecule has 1 aromatic carbocycles. The van der Waals surface area contributed by atoms with E-state index in [1.165, 1.54) is 12.1 Å². The van der Waals surface area contributed by atoms with Crippen LogP contribution in [0.3, 0.4) is 0 Å². The standard InChI is InChI=1S/C13H18FIN2O/c1-9(6-7-16)2-5-13(18)17-12-4-3-10(14)8-11(12)15/h3-4,8-9H,2,5-7,16H2,1H3,(H,17,18).